The van der Waals surface area contributed by atoms with Gasteiger partial charge >= 0.3 is 0 Å². The van der Waals surface area contributed by atoms with Crippen molar-refractivity contribution < 1.29 is 23.1 Å². The fourth-order valence-electron chi connectivity index (χ4n) is 5.76. The van der Waals surface area contributed by atoms with Crippen LogP contribution in [0.25, 0.3) is 11.5 Å². The summed E-state index contributed by atoms with van der Waals surface area (Å²) in [5.41, 5.74) is -1.34. The summed E-state index contributed by atoms with van der Waals surface area (Å²) < 4.78 is 35.3. The smallest absolute Gasteiger partial charge is 0.268 e. The quantitative estimate of drug-likeness (QED) is 0.533. The van der Waals surface area contributed by atoms with Crippen LogP contribution in [0.5, 0.6) is 0 Å². The van der Waals surface area contributed by atoms with Crippen LogP contribution in [0.15, 0.2) is 47.2 Å². The van der Waals surface area contributed by atoms with Crippen molar-refractivity contribution in [2.45, 2.75) is 45.3 Å². The van der Waals surface area contributed by atoms with Crippen molar-refractivity contribution in [3.8, 4) is 11.5 Å². The molecule has 35 heavy (non-hydrogen) atoms. The Morgan fingerprint density at radius 2 is 1.86 bits per heavy atom. The summed E-state index contributed by atoms with van der Waals surface area (Å²) in [6, 6.07) is 7.21. The molecule has 1 fully saturated rings. The topological polar surface area (TPSA) is 69.8 Å². The number of oxazole rings is 1. The van der Waals surface area contributed by atoms with Crippen molar-refractivity contribution in [3.63, 3.8) is 0 Å². The average molecular weight is 482 g/mol. The average Bonchev–Trinajstić information content (AvgIpc) is 3.40. The number of aromatic nitrogens is 1. The second kappa shape index (κ2) is 8.84. The van der Waals surface area contributed by atoms with Gasteiger partial charge in [0.05, 0.1) is 17.4 Å². The number of amides is 1. The zero-order valence-electron chi connectivity index (χ0n) is 20.1. The van der Waals surface area contributed by atoms with E-state index in [4.69, 9.17) is 4.42 Å². The summed E-state index contributed by atoms with van der Waals surface area (Å²) in [5, 5.41) is 11.8. The molecule has 1 aliphatic carbocycles. The summed E-state index contributed by atoms with van der Waals surface area (Å²) in [6.45, 7) is 8.26. The highest BCUT2D eigenvalue weighted by Gasteiger charge is 2.55. The molecule has 6 nitrogen and oxygen atoms in total. The van der Waals surface area contributed by atoms with E-state index >= 15 is 0 Å². The highest BCUT2D eigenvalue weighted by atomic mass is 19.1. The van der Waals surface area contributed by atoms with E-state index in [0.29, 0.717) is 35.3 Å². The molecule has 2 heterocycles. The first kappa shape index (κ1) is 23.6. The molecule has 3 aromatic rings. The second-order valence-corrected chi connectivity index (χ2v) is 9.46. The third-order valence-electron chi connectivity index (χ3n) is 7.51. The van der Waals surface area contributed by atoms with Gasteiger partial charge in [0.2, 0.25) is 11.5 Å². The molecular formula is C27H29F2N3O3. The van der Waals surface area contributed by atoms with Crippen LogP contribution in [0.2, 0.25) is 0 Å². The van der Waals surface area contributed by atoms with E-state index in [1.54, 1.807) is 19.1 Å². The molecule has 0 radical (unpaired) electrons. The van der Waals surface area contributed by atoms with Gasteiger partial charge in [-0.1, -0.05) is 19.9 Å². The summed E-state index contributed by atoms with van der Waals surface area (Å²) in [5.74, 6) is -2.09. The predicted octanol–water partition coefficient (Wildman–Crippen LogP) is 4.63. The molecule has 1 aliphatic heterocycles. The number of anilines is 1. The fourth-order valence-corrected chi connectivity index (χ4v) is 5.76. The number of aryl methyl sites for hydroxylation is 1. The molecule has 1 N–H and O–H groups in total. The minimum Gasteiger partial charge on any atom is -0.445 e. The maximum absolute atomic E-state index is 14.9. The monoisotopic (exact) mass is 481 g/mol. The van der Waals surface area contributed by atoms with E-state index in [0.717, 1.165) is 38.1 Å². The SMILES string of the molecule is CCN(CC)C1CC(CN2C(=O)C(O)(c3c(F)cccc3F)c3c(C)cc(-c4ncco4)cc32)C1. The van der Waals surface area contributed by atoms with Crippen molar-refractivity contribution >= 4 is 11.6 Å². The molecule has 2 aromatic carbocycles. The van der Waals surface area contributed by atoms with Gasteiger partial charge < -0.3 is 19.3 Å². The molecule has 1 unspecified atom stereocenters. The van der Waals surface area contributed by atoms with Crippen molar-refractivity contribution in [2.24, 2.45) is 5.92 Å². The van der Waals surface area contributed by atoms with Crippen LogP contribution in [-0.2, 0) is 10.4 Å². The Morgan fingerprint density at radius 1 is 1.17 bits per heavy atom. The zero-order valence-corrected chi connectivity index (χ0v) is 20.1. The molecule has 0 bridgehead atoms. The normalized spacial score (nSPS) is 23.6. The fraction of sp³-hybridized carbons (Fsp3) is 0.407. The third-order valence-corrected chi connectivity index (χ3v) is 7.51. The lowest BCUT2D eigenvalue weighted by Crippen LogP contribution is -2.50. The Balaban J connectivity index is 1.59. The second-order valence-electron chi connectivity index (χ2n) is 9.46. The number of carbonyl (C=O) groups is 1. The lowest BCUT2D eigenvalue weighted by molar-refractivity contribution is -0.133. The lowest BCUT2D eigenvalue weighted by atomic mass is 9.78. The van der Waals surface area contributed by atoms with E-state index in [1.165, 1.54) is 23.4 Å². The molecule has 1 saturated carbocycles. The number of fused-ring (bicyclic) bond motifs is 1. The Morgan fingerprint density at radius 3 is 2.46 bits per heavy atom. The van der Waals surface area contributed by atoms with E-state index in [9.17, 15) is 18.7 Å². The molecule has 8 heteroatoms. The first-order chi connectivity index (χ1) is 16.8. The zero-order chi connectivity index (χ0) is 24.9. The van der Waals surface area contributed by atoms with Gasteiger partial charge in [0, 0.05) is 23.7 Å². The van der Waals surface area contributed by atoms with Crippen LogP contribution in [0.1, 0.15) is 43.4 Å². The van der Waals surface area contributed by atoms with Crippen LogP contribution in [-0.4, -0.2) is 46.6 Å². The summed E-state index contributed by atoms with van der Waals surface area (Å²) in [7, 11) is 0. The highest BCUT2D eigenvalue weighted by Crippen LogP contribution is 2.50. The number of hydrogen-bond donors (Lipinski definition) is 1. The molecular weight excluding hydrogens is 452 g/mol. The van der Waals surface area contributed by atoms with Crippen LogP contribution in [0.4, 0.5) is 14.5 Å². The lowest BCUT2D eigenvalue weighted by Gasteiger charge is -2.43. The maximum atomic E-state index is 14.9. The Bertz CT molecular complexity index is 1230. The maximum Gasteiger partial charge on any atom is 0.268 e. The Hall–Kier alpha value is -3.10. The van der Waals surface area contributed by atoms with Gasteiger partial charge in [-0.2, -0.15) is 0 Å². The molecule has 1 aromatic heterocycles. The Kier molecular flexibility index (Phi) is 5.97. The van der Waals surface area contributed by atoms with Crippen molar-refractivity contribution in [3.05, 3.63) is 71.1 Å². The number of hydrogen-bond acceptors (Lipinski definition) is 5. The van der Waals surface area contributed by atoms with Crippen LogP contribution < -0.4 is 4.90 Å². The van der Waals surface area contributed by atoms with Crippen molar-refractivity contribution in [1.82, 2.24) is 9.88 Å². The van der Waals surface area contributed by atoms with Gasteiger partial charge in [-0.25, -0.2) is 13.8 Å². The molecule has 0 saturated heterocycles. The predicted molar refractivity (Wildman–Crippen MR) is 128 cm³/mol. The van der Waals surface area contributed by atoms with Gasteiger partial charge in [-0.15, -0.1) is 0 Å². The molecule has 0 spiro atoms. The minimum absolute atomic E-state index is 0.196. The van der Waals surface area contributed by atoms with E-state index < -0.39 is 28.7 Å². The molecule has 1 atom stereocenters. The van der Waals surface area contributed by atoms with Gasteiger partial charge in [-0.05, 0) is 68.6 Å². The molecule has 184 valence electrons. The minimum atomic E-state index is -2.47. The van der Waals surface area contributed by atoms with Crippen molar-refractivity contribution in [1.29, 1.82) is 0 Å². The van der Waals surface area contributed by atoms with Crippen LogP contribution in [0.3, 0.4) is 0 Å². The van der Waals surface area contributed by atoms with E-state index in [1.807, 2.05) is 0 Å². The Labute approximate surface area is 203 Å². The first-order valence-electron chi connectivity index (χ1n) is 12.1. The van der Waals surface area contributed by atoms with Crippen molar-refractivity contribution in [2.75, 3.05) is 24.5 Å². The largest absolute Gasteiger partial charge is 0.445 e. The number of nitrogens with zero attached hydrogens (tertiary/aromatic N) is 3. The van der Waals surface area contributed by atoms with Gasteiger partial charge in [0.1, 0.15) is 17.9 Å². The van der Waals surface area contributed by atoms with Gasteiger partial charge in [0.15, 0.2) is 0 Å². The van der Waals surface area contributed by atoms with E-state index in [2.05, 4.69) is 23.7 Å². The standard InChI is InChI=1S/C27H29F2N3O3/c1-4-31(5-2)19-12-17(13-19)15-32-22-14-18(25-30-9-10-35-25)11-16(3)23(22)27(34,26(32)33)24-20(28)7-6-8-21(24)29/h6-11,14,17,19,34H,4-5,12-13,15H2,1-3H3. The van der Waals surface area contributed by atoms with E-state index in [-0.39, 0.29) is 11.5 Å². The number of aliphatic hydroxyl groups is 1. The number of rotatable bonds is 7. The summed E-state index contributed by atoms with van der Waals surface area (Å²) >= 11 is 0. The molecule has 2 aliphatic rings. The first-order valence-corrected chi connectivity index (χ1v) is 12.1. The van der Waals surface area contributed by atoms with Crippen LogP contribution >= 0.6 is 0 Å². The summed E-state index contributed by atoms with van der Waals surface area (Å²) in [4.78, 5) is 21.9. The number of halogens is 2. The third kappa shape index (κ3) is 3.67. The molecule has 5 rings (SSSR count). The van der Waals surface area contributed by atoms with Gasteiger partial charge in [0.25, 0.3) is 5.91 Å². The van der Waals surface area contributed by atoms with Gasteiger partial charge in [-0.3, -0.25) is 4.79 Å². The highest BCUT2D eigenvalue weighted by molar-refractivity contribution is 6.10. The number of carbonyl (C=O) groups excluding carboxylic acids is 1. The number of benzene rings is 2. The summed E-state index contributed by atoms with van der Waals surface area (Å²) in [6.07, 6.45) is 4.82. The van der Waals surface area contributed by atoms with Crippen LogP contribution in [0, 0.1) is 24.5 Å². The molecule has 1 amide bonds.